The lowest BCUT2D eigenvalue weighted by atomic mass is 10.0. The molecule has 2 fully saturated rings. The molecule has 6 rings (SSSR count). The van der Waals surface area contributed by atoms with Gasteiger partial charge in [0.25, 0.3) is 5.91 Å². The van der Waals surface area contributed by atoms with E-state index >= 15 is 0 Å². The number of nitrogens with one attached hydrogen (secondary N) is 2. The molecule has 2 saturated heterocycles. The van der Waals surface area contributed by atoms with Crippen molar-refractivity contribution >= 4 is 48.9 Å². The first-order valence-corrected chi connectivity index (χ1v) is 15.5. The van der Waals surface area contributed by atoms with Crippen LogP contribution in [0.3, 0.4) is 0 Å². The van der Waals surface area contributed by atoms with Gasteiger partial charge in [-0.25, -0.2) is 17.8 Å². The van der Waals surface area contributed by atoms with Gasteiger partial charge in [-0.3, -0.25) is 9.48 Å². The summed E-state index contributed by atoms with van der Waals surface area (Å²) in [7, 11) is -1.34. The van der Waals surface area contributed by atoms with Crippen LogP contribution in [0, 0.1) is 5.82 Å². The van der Waals surface area contributed by atoms with Crippen molar-refractivity contribution < 1.29 is 22.3 Å². The molecule has 0 bridgehead atoms. The van der Waals surface area contributed by atoms with Gasteiger partial charge in [0.15, 0.2) is 15.7 Å². The number of aromatic nitrogens is 4. The fraction of sp³-hybridized carbons (Fsp3) is 0.429. The molecule has 2 aromatic carbocycles. The third-order valence-electron chi connectivity index (χ3n) is 7.56. The van der Waals surface area contributed by atoms with Gasteiger partial charge in [0.1, 0.15) is 11.6 Å². The average Bonchev–Trinajstić information content (AvgIpc) is 3.29. The third kappa shape index (κ3) is 5.68. The Labute approximate surface area is 237 Å². The number of halogens is 1. The molecule has 0 radical (unpaired) electrons. The molecular formula is C28H32FN7O4S. The number of piperazine rings is 1. The van der Waals surface area contributed by atoms with E-state index in [1.165, 1.54) is 10.7 Å². The minimum Gasteiger partial charge on any atom is -0.460 e. The maximum Gasteiger partial charge on any atom is 0.317 e. The molecule has 2 aliphatic rings. The minimum absolute atomic E-state index is 0.0558. The Morgan fingerprint density at radius 2 is 1.85 bits per heavy atom. The summed E-state index contributed by atoms with van der Waals surface area (Å²) in [5.41, 5.74) is 2.10. The summed E-state index contributed by atoms with van der Waals surface area (Å²) < 4.78 is 45.9. The predicted molar refractivity (Wildman–Crippen MR) is 155 cm³/mol. The minimum atomic E-state index is -3.05. The zero-order valence-corrected chi connectivity index (χ0v) is 23.9. The summed E-state index contributed by atoms with van der Waals surface area (Å²) in [6, 6.07) is 7.13. The molecule has 4 aromatic rings. The number of hydrogen-bond acceptors (Lipinski definition) is 9. The van der Waals surface area contributed by atoms with Crippen LogP contribution in [0.2, 0.25) is 0 Å². The second-order valence-corrected chi connectivity index (χ2v) is 13.3. The van der Waals surface area contributed by atoms with E-state index in [1.807, 2.05) is 6.07 Å². The van der Waals surface area contributed by atoms with Gasteiger partial charge >= 0.3 is 6.01 Å². The maximum atomic E-state index is 14.7. The lowest BCUT2D eigenvalue weighted by molar-refractivity contribution is 0.102. The van der Waals surface area contributed by atoms with Crippen molar-refractivity contribution in [1.29, 1.82) is 0 Å². The largest absolute Gasteiger partial charge is 0.460 e. The first kappa shape index (κ1) is 27.3. The summed E-state index contributed by atoms with van der Waals surface area (Å²) in [5, 5.41) is 11.7. The number of fused-ring (bicyclic) bond motifs is 2. The predicted octanol–water partition coefficient (Wildman–Crippen LogP) is 3.05. The topological polar surface area (TPSA) is 131 Å². The van der Waals surface area contributed by atoms with Gasteiger partial charge < -0.3 is 20.3 Å². The van der Waals surface area contributed by atoms with E-state index in [0.29, 0.717) is 34.8 Å². The number of sulfone groups is 1. The van der Waals surface area contributed by atoms with Crippen molar-refractivity contribution in [3.05, 3.63) is 48.0 Å². The number of ether oxygens (including phenoxy) is 1. The molecule has 2 aliphatic heterocycles. The van der Waals surface area contributed by atoms with Gasteiger partial charge in [0.2, 0.25) is 0 Å². The lowest BCUT2D eigenvalue weighted by Crippen LogP contribution is -2.54. The van der Waals surface area contributed by atoms with Crippen LogP contribution >= 0.6 is 0 Å². The first-order valence-electron chi connectivity index (χ1n) is 13.7. The van der Waals surface area contributed by atoms with Crippen molar-refractivity contribution in [2.45, 2.75) is 44.9 Å². The van der Waals surface area contributed by atoms with Crippen LogP contribution in [0.15, 0.2) is 36.7 Å². The Hall–Kier alpha value is -3.84. The molecule has 0 aliphatic carbocycles. The van der Waals surface area contributed by atoms with Gasteiger partial charge in [-0.1, -0.05) is 0 Å². The lowest BCUT2D eigenvalue weighted by Gasteiger charge is -2.38. The van der Waals surface area contributed by atoms with Crippen molar-refractivity contribution in [2.75, 3.05) is 34.8 Å². The molecule has 4 heterocycles. The maximum absolute atomic E-state index is 14.7. The van der Waals surface area contributed by atoms with Crippen LogP contribution in [0.25, 0.3) is 21.8 Å². The molecule has 1 amide bonds. The SMILES string of the molecule is CC1CN(c2ccc(C(=O)Nc3cc(F)c4nn(C)cc4c3)c3nc(OC4CCS(=O)(=O)CC4)ncc23)CC(C)N1. The van der Waals surface area contributed by atoms with E-state index in [0.717, 1.165) is 18.8 Å². The zero-order valence-electron chi connectivity index (χ0n) is 23.1. The summed E-state index contributed by atoms with van der Waals surface area (Å²) >= 11 is 0. The molecule has 41 heavy (non-hydrogen) atoms. The highest BCUT2D eigenvalue weighted by Gasteiger charge is 2.27. The van der Waals surface area contributed by atoms with Gasteiger partial charge in [-0.05, 0) is 51.0 Å². The fourth-order valence-electron chi connectivity index (χ4n) is 5.75. The number of rotatable bonds is 5. The number of anilines is 2. The number of nitrogens with zero attached hydrogens (tertiary/aromatic N) is 5. The van der Waals surface area contributed by atoms with Crippen molar-refractivity contribution in [1.82, 2.24) is 25.1 Å². The molecule has 2 atom stereocenters. The summed E-state index contributed by atoms with van der Waals surface area (Å²) in [4.78, 5) is 25.0. The van der Waals surface area contributed by atoms with Crippen LogP contribution in [-0.2, 0) is 16.9 Å². The quantitative estimate of drug-likeness (QED) is 0.365. The Morgan fingerprint density at radius 3 is 2.59 bits per heavy atom. The van der Waals surface area contributed by atoms with E-state index in [2.05, 4.69) is 44.4 Å². The summed E-state index contributed by atoms with van der Waals surface area (Å²) in [6.45, 7) is 5.78. The molecule has 13 heteroatoms. The smallest absolute Gasteiger partial charge is 0.317 e. The zero-order chi connectivity index (χ0) is 28.9. The molecule has 0 spiro atoms. The second-order valence-electron chi connectivity index (χ2n) is 11.0. The molecular weight excluding hydrogens is 549 g/mol. The van der Waals surface area contributed by atoms with Gasteiger partial charge in [-0.15, -0.1) is 0 Å². The van der Waals surface area contributed by atoms with Gasteiger partial charge in [0.05, 0.1) is 22.6 Å². The second kappa shape index (κ2) is 10.5. The number of amides is 1. The van der Waals surface area contributed by atoms with Crippen LogP contribution in [0.5, 0.6) is 6.01 Å². The summed E-state index contributed by atoms with van der Waals surface area (Å²) in [6.07, 6.45) is 3.72. The standard InChI is InChI=1S/C28H32FN7O4S/c1-16-13-36(14-17(2)31-16)24-5-4-21(27(37)32-19-10-18-15-35(3)34-25(18)23(29)11-19)26-22(24)12-30-28(33-26)40-20-6-8-41(38,39)9-7-20/h4-5,10-12,15-17,20,31H,6-9,13-14H2,1-3H3,(H,32,37). The Kier molecular flexibility index (Phi) is 7.02. The van der Waals surface area contributed by atoms with Crippen molar-refractivity contribution in [2.24, 2.45) is 7.05 Å². The van der Waals surface area contributed by atoms with E-state index < -0.39 is 21.6 Å². The number of carbonyl (C=O) groups excluding carboxylic acids is 1. The highest BCUT2D eigenvalue weighted by atomic mass is 32.2. The highest BCUT2D eigenvalue weighted by molar-refractivity contribution is 7.91. The van der Waals surface area contributed by atoms with Crippen LogP contribution in [-0.4, -0.2) is 76.9 Å². The molecule has 2 N–H and O–H groups in total. The Balaban J connectivity index is 1.36. The number of benzene rings is 2. The number of aryl methyl sites for hydroxylation is 1. The van der Waals surface area contributed by atoms with Gasteiger partial charge in [0, 0.05) is 66.8 Å². The van der Waals surface area contributed by atoms with E-state index in [-0.39, 0.29) is 46.8 Å². The third-order valence-corrected chi connectivity index (χ3v) is 9.27. The molecule has 2 aromatic heterocycles. The molecule has 0 saturated carbocycles. The van der Waals surface area contributed by atoms with E-state index in [9.17, 15) is 17.6 Å². The van der Waals surface area contributed by atoms with Crippen LogP contribution in [0.1, 0.15) is 37.0 Å². The fourth-order valence-corrected chi connectivity index (χ4v) is 7.19. The Morgan fingerprint density at radius 1 is 1.12 bits per heavy atom. The first-order chi connectivity index (χ1) is 19.5. The number of hydrogen-bond donors (Lipinski definition) is 2. The molecule has 216 valence electrons. The molecule has 11 nitrogen and oxygen atoms in total. The van der Waals surface area contributed by atoms with Crippen molar-refractivity contribution in [3.63, 3.8) is 0 Å². The number of carbonyl (C=O) groups is 1. The summed E-state index contributed by atoms with van der Waals surface area (Å²) in [5.74, 6) is -0.881. The van der Waals surface area contributed by atoms with Gasteiger partial charge in [-0.2, -0.15) is 10.1 Å². The van der Waals surface area contributed by atoms with E-state index in [4.69, 9.17) is 4.74 Å². The normalized spacial score (nSPS) is 21.3. The average molecular weight is 582 g/mol. The van der Waals surface area contributed by atoms with Crippen LogP contribution < -0.4 is 20.3 Å². The van der Waals surface area contributed by atoms with Crippen LogP contribution in [0.4, 0.5) is 15.8 Å². The van der Waals surface area contributed by atoms with E-state index in [1.54, 1.807) is 31.6 Å². The molecule has 2 unspecified atom stereocenters. The Bertz CT molecular complexity index is 1740. The highest BCUT2D eigenvalue weighted by Crippen LogP contribution is 2.32. The van der Waals surface area contributed by atoms with Crippen molar-refractivity contribution in [3.8, 4) is 6.01 Å². The monoisotopic (exact) mass is 581 g/mol.